The molecule has 0 spiro atoms. The fraction of sp³-hybridized carbons (Fsp3) is 0.364. The van der Waals surface area contributed by atoms with Crippen LogP contribution in [0, 0.1) is 0 Å². The van der Waals surface area contributed by atoms with Gasteiger partial charge in [-0.05, 0) is 19.9 Å². The van der Waals surface area contributed by atoms with Crippen LogP contribution in [-0.2, 0) is 0 Å². The Bertz CT molecular complexity index is 656. The summed E-state index contributed by atoms with van der Waals surface area (Å²) in [6, 6.07) is 19.4. The second kappa shape index (κ2) is 9.65. The standard InChI is InChI=1S/C22H25NO2.ClH/c1-23-19(15-21(24)17-9-4-2-5-10-17)13-8-14-20(23)16-22(25)18-11-6-3-7-12-18;/h2-7,9-12,19-20H,8,13-16H2,1H3;1H/t19-,20-;/m0./s1. The number of rotatable bonds is 6. The Morgan fingerprint density at radius 2 is 1.19 bits per heavy atom. The topological polar surface area (TPSA) is 37.4 Å². The van der Waals surface area contributed by atoms with Crippen LogP contribution in [0.15, 0.2) is 60.7 Å². The van der Waals surface area contributed by atoms with Gasteiger partial charge in [-0.25, -0.2) is 0 Å². The highest BCUT2D eigenvalue weighted by Gasteiger charge is 2.30. The van der Waals surface area contributed by atoms with Gasteiger partial charge in [-0.2, -0.15) is 0 Å². The molecule has 0 amide bonds. The molecule has 0 aromatic heterocycles. The van der Waals surface area contributed by atoms with E-state index in [4.69, 9.17) is 0 Å². The second-order valence-corrected chi connectivity index (χ2v) is 6.89. The van der Waals surface area contributed by atoms with E-state index in [-0.39, 0.29) is 36.1 Å². The molecule has 1 heterocycles. The van der Waals surface area contributed by atoms with Crippen molar-refractivity contribution in [1.82, 2.24) is 4.90 Å². The number of carbonyl (C=O) groups is 2. The summed E-state index contributed by atoms with van der Waals surface area (Å²) < 4.78 is 0. The zero-order chi connectivity index (χ0) is 17.6. The lowest BCUT2D eigenvalue weighted by Crippen LogP contribution is -2.45. The number of hydrogen-bond donors (Lipinski definition) is 0. The minimum Gasteiger partial charge on any atom is -0.300 e. The summed E-state index contributed by atoms with van der Waals surface area (Å²) in [5, 5.41) is 0. The molecule has 3 rings (SSSR count). The fourth-order valence-electron chi connectivity index (χ4n) is 3.70. The van der Waals surface area contributed by atoms with Crippen molar-refractivity contribution < 1.29 is 9.59 Å². The molecular formula is C22H26ClNO2. The Hall–Kier alpha value is -1.97. The number of hydrogen-bond acceptors (Lipinski definition) is 3. The van der Waals surface area contributed by atoms with Gasteiger partial charge in [0.2, 0.25) is 0 Å². The summed E-state index contributed by atoms with van der Waals surface area (Å²) in [5.74, 6) is 0.375. The molecule has 0 aliphatic carbocycles. The van der Waals surface area contributed by atoms with Gasteiger partial charge in [-0.1, -0.05) is 67.1 Å². The third kappa shape index (κ3) is 5.03. The van der Waals surface area contributed by atoms with E-state index in [1.807, 2.05) is 60.7 Å². The van der Waals surface area contributed by atoms with Crippen molar-refractivity contribution in [2.75, 3.05) is 7.05 Å². The molecule has 0 radical (unpaired) electrons. The molecular weight excluding hydrogens is 346 g/mol. The largest absolute Gasteiger partial charge is 0.300 e. The predicted molar refractivity (Wildman–Crippen MR) is 107 cm³/mol. The van der Waals surface area contributed by atoms with Crippen molar-refractivity contribution >= 4 is 24.0 Å². The zero-order valence-corrected chi connectivity index (χ0v) is 16.0. The van der Waals surface area contributed by atoms with E-state index in [0.29, 0.717) is 12.8 Å². The molecule has 1 aliphatic rings. The third-order valence-corrected chi connectivity index (χ3v) is 5.26. The Balaban J connectivity index is 0.00000243. The van der Waals surface area contributed by atoms with Crippen LogP contribution in [0.5, 0.6) is 0 Å². The summed E-state index contributed by atoms with van der Waals surface area (Å²) >= 11 is 0. The van der Waals surface area contributed by atoms with Gasteiger partial charge in [0.15, 0.2) is 11.6 Å². The van der Waals surface area contributed by atoms with E-state index < -0.39 is 0 Å². The van der Waals surface area contributed by atoms with Crippen LogP contribution in [0.1, 0.15) is 52.8 Å². The van der Waals surface area contributed by atoms with Gasteiger partial charge < -0.3 is 0 Å². The first kappa shape index (κ1) is 20.3. The van der Waals surface area contributed by atoms with Crippen molar-refractivity contribution in [2.45, 2.75) is 44.2 Å². The highest BCUT2D eigenvalue weighted by atomic mass is 35.5. The molecule has 1 aliphatic heterocycles. The third-order valence-electron chi connectivity index (χ3n) is 5.26. The SMILES string of the molecule is CN1[C@H](CC(=O)c2ccccc2)CCC[C@H]1CC(=O)c1ccccc1.Cl. The number of nitrogens with zero attached hydrogens (tertiary/aromatic N) is 1. The van der Waals surface area contributed by atoms with Crippen LogP contribution in [0.25, 0.3) is 0 Å². The molecule has 4 heteroatoms. The van der Waals surface area contributed by atoms with Crippen molar-refractivity contribution in [2.24, 2.45) is 0 Å². The lowest BCUT2D eigenvalue weighted by atomic mass is 9.88. The minimum absolute atomic E-state index is 0. The highest BCUT2D eigenvalue weighted by molar-refractivity contribution is 5.97. The average molecular weight is 372 g/mol. The summed E-state index contributed by atoms with van der Waals surface area (Å²) in [5.41, 5.74) is 1.55. The fourth-order valence-corrected chi connectivity index (χ4v) is 3.70. The van der Waals surface area contributed by atoms with Gasteiger partial charge in [-0.3, -0.25) is 14.5 Å². The Kier molecular flexibility index (Phi) is 7.55. The predicted octanol–water partition coefficient (Wildman–Crippen LogP) is 4.81. The van der Waals surface area contributed by atoms with Crippen LogP contribution >= 0.6 is 12.4 Å². The molecule has 0 unspecified atom stereocenters. The lowest BCUT2D eigenvalue weighted by Gasteiger charge is -2.39. The van der Waals surface area contributed by atoms with Gasteiger partial charge >= 0.3 is 0 Å². The number of carbonyl (C=O) groups excluding carboxylic acids is 2. The highest BCUT2D eigenvalue weighted by Crippen LogP contribution is 2.27. The molecule has 1 saturated heterocycles. The quantitative estimate of drug-likeness (QED) is 0.684. The second-order valence-electron chi connectivity index (χ2n) is 6.89. The minimum atomic E-state index is 0. The van der Waals surface area contributed by atoms with Crippen molar-refractivity contribution in [3.8, 4) is 0 Å². The van der Waals surface area contributed by atoms with E-state index in [2.05, 4.69) is 11.9 Å². The van der Waals surface area contributed by atoms with E-state index >= 15 is 0 Å². The van der Waals surface area contributed by atoms with Crippen LogP contribution in [0.3, 0.4) is 0 Å². The molecule has 138 valence electrons. The number of halogens is 1. The Morgan fingerprint density at radius 1 is 0.808 bits per heavy atom. The lowest BCUT2D eigenvalue weighted by molar-refractivity contribution is 0.0723. The molecule has 2 atom stereocenters. The van der Waals surface area contributed by atoms with E-state index in [1.165, 1.54) is 0 Å². The molecule has 2 aromatic rings. The Morgan fingerprint density at radius 3 is 1.58 bits per heavy atom. The van der Waals surface area contributed by atoms with Gasteiger partial charge in [0.05, 0.1) is 0 Å². The van der Waals surface area contributed by atoms with Crippen molar-refractivity contribution in [3.05, 3.63) is 71.8 Å². The van der Waals surface area contributed by atoms with Crippen LogP contribution in [0.4, 0.5) is 0 Å². The molecule has 1 fully saturated rings. The van der Waals surface area contributed by atoms with Crippen molar-refractivity contribution in [3.63, 3.8) is 0 Å². The maximum Gasteiger partial charge on any atom is 0.164 e. The molecule has 0 N–H and O–H groups in total. The van der Waals surface area contributed by atoms with Gasteiger partial charge in [0, 0.05) is 36.1 Å². The monoisotopic (exact) mass is 371 g/mol. The summed E-state index contributed by atoms with van der Waals surface area (Å²) in [4.78, 5) is 27.3. The maximum atomic E-state index is 12.5. The van der Waals surface area contributed by atoms with Crippen molar-refractivity contribution in [1.29, 1.82) is 0 Å². The first-order valence-electron chi connectivity index (χ1n) is 9.03. The van der Waals surface area contributed by atoms with Crippen LogP contribution in [-0.4, -0.2) is 35.6 Å². The number of ketones is 2. The van der Waals surface area contributed by atoms with Gasteiger partial charge in [0.25, 0.3) is 0 Å². The molecule has 0 saturated carbocycles. The Labute approximate surface area is 161 Å². The first-order valence-corrected chi connectivity index (χ1v) is 9.03. The number of Topliss-reactive ketones (excluding diaryl/α,β-unsaturated/α-hetero) is 2. The molecule has 0 bridgehead atoms. The molecule has 2 aromatic carbocycles. The molecule has 26 heavy (non-hydrogen) atoms. The normalized spacial score (nSPS) is 20.2. The smallest absolute Gasteiger partial charge is 0.164 e. The summed E-state index contributed by atoms with van der Waals surface area (Å²) in [6.45, 7) is 0. The van der Waals surface area contributed by atoms with E-state index in [0.717, 1.165) is 30.4 Å². The van der Waals surface area contributed by atoms with E-state index in [9.17, 15) is 9.59 Å². The average Bonchev–Trinajstić information content (AvgIpc) is 2.66. The summed E-state index contributed by atoms with van der Waals surface area (Å²) in [6.07, 6.45) is 4.16. The first-order chi connectivity index (χ1) is 12.1. The summed E-state index contributed by atoms with van der Waals surface area (Å²) in [7, 11) is 2.06. The van der Waals surface area contributed by atoms with Gasteiger partial charge in [0.1, 0.15) is 0 Å². The van der Waals surface area contributed by atoms with Crippen LogP contribution in [0.2, 0.25) is 0 Å². The zero-order valence-electron chi connectivity index (χ0n) is 15.1. The van der Waals surface area contributed by atoms with Gasteiger partial charge in [-0.15, -0.1) is 12.4 Å². The number of piperidine rings is 1. The maximum absolute atomic E-state index is 12.5. The van der Waals surface area contributed by atoms with E-state index in [1.54, 1.807) is 0 Å². The van der Waals surface area contributed by atoms with Crippen LogP contribution < -0.4 is 0 Å². The number of benzene rings is 2. The number of likely N-dealkylation sites (tertiary alicyclic amines) is 1. The molecule has 3 nitrogen and oxygen atoms in total.